The number of fused-ring (bicyclic) bond motifs is 2. The maximum atomic E-state index is 13.7. The second kappa shape index (κ2) is 7.12. The van der Waals surface area contributed by atoms with E-state index in [0.717, 1.165) is 23.4 Å². The van der Waals surface area contributed by atoms with Crippen LogP contribution in [0.5, 0.6) is 0 Å². The third-order valence-corrected chi connectivity index (χ3v) is 5.54. The lowest BCUT2D eigenvalue weighted by molar-refractivity contribution is -0.857. The Hall–Kier alpha value is -1.58. The summed E-state index contributed by atoms with van der Waals surface area (Å²) in [5.74, 6) is 0.336. The Morgan fingerprint density at radius 2 is 1.83 bits per heavy atom. The van der Waals surface area contributed by atoms with E-state index < -0.39 is 0 Å². The van der Waals surface area contributed by atoms with Crippen molar-refractivity contribution < 1.29 is 9.29 Å². The van der Waals surface area contributed by atoms with Crippen LogP contribution in [0.25, 0.3) is 5.57 Å². The van der Waals surface area contributed by atoms with Gasteiger partial charge in [-0.3, -0.25) is 0 Å². The summed E-state index contributed by atoms with van der Waals surface area (Å²) in [5, 5.41) is 0. The summed E-state index contributed by atoms with van der Waals surface area (Å²) in [7, 11) is 4.34. The van der Waals surface area contributed by atoms with Crippen molar-refractivity contribution in [1.29, 1.82) is 0 Å². The van der Waals surface area contributed by atoms with Gasteiger partial charge < -0.3 is 4.90 Å². The minimum Gasteiger partial charge on any atom is -0.340 e. The highest BCUT2D eigenvalue weighted by molar-refractivity contribution is 7.99. The lowest BCUT2D eigenvalue weighted by Gasteiger charge is -2.23. The lowest BCUT2D eigenvalue weighted by atomic mass is 9.92. The zero-order valence-electron chi connectivity index (χ0n) is 14.8. The van der Waals surface area contributed by atoms with Gasteiger partial charge in [-0.05, 0) is 52.4 Å². The van der Waals surface area contributed by atoms with Crippen molar-refractivity contribution >= 4 is 17.3 Å². The molecule has 126 valence electrons. The molecule has 0 aromatic heterocycles. The predicted octanol–water partition coefficient (Wildman–Crippen LogP) is 4.38. The van der Waals surface area contributed by atoms with Gasteiger partial charge in [0, 0.05) is 16.2 Å². The molecule has 2 aromatic carbocycles. The van der Waals surface area contributed by atoms with Crippen molar-refractivity contribution in [3.8, 4) is 0 Å². The van der Waals surface area contributed by atoms with Gasteiger partial charge in [0.1, 0.15) is 5.82 Å². The van der Waals surface area contributed by atoms with Crippen molar-refractivity contribution in [3.63, 3.8) is 0 Å². The van der Waals surface area contributed by atoms with E-state index in [1.54, 1.807) is 23.9 Å². The van der Waals surface area contributed by atoms with Crippen LogP contribution in [0.4, 0.5) is 4.39 Å². The number of quaternary nitrogens is 1. The van der Waals surface area contributed by atoms with E-state index >= 15 is 0 Å². The highest BCUT2D eigenvalue weighted by Crippen LogP contribution is 2.46. The van der Waals surface area contributed by atoms with Crippen LogP contribution in [0.3, 0.4) is 0 Å². The first kappa shape index (κ1) is 17.2. The van der Waals surface area contributed by atoms with Crippen LogP contribution in [0.15, 0.2) is 52.3 Å². The highest BCUT2D eigenvalue weighted by atomic mass is 32.2. The number of hydrogen-bond donors (Lipinski definition) is 1. The van der Waals surface area contributed by atoms with Gasteiger partial charge in [-0.1, -0.05) is 43.8 Å². The molecule has 0 saturated carbocycles. The molecule has 1 aliphatic heterocycles. The molecule has 0 saturated heterocycles. The van der Waals surface area contributed by atoms with Crippen molar-refractivity contribution in [3.05, 3.63) is 65.0 Å². The molecule has 1 heterocycles. The summed E-state index contributed by atoms with van der Waals surface area (Å²) < 4.78 is 13.7. The standard InChI is InChI=1S/C21H24FNS/c1-14(2)15-7-10-20-19(12-15)17(6-5-11-23(3)4)18-9-8-16(22)13-21(18)24-20/h6-10,12-14H,5,11H2,1-4H3/p+1. The molecule has 2 aromatic rings. The minimum atomic E-state index is -0.166. The summed E-state index contributed by atoms with van der Waals surface area (Å²) in [6.45, 7) is 5.53. The van der Waals surface area contributed by atoms with Gasteiger partial charge in [-0.15, -0.1) is 0 Å². The molecule has 0 fully saturated rings. The molecule has 3 heteroatoms. The number of rotatable bonds is 4. The molecule has 1 N–H and O–H groups in total. The van der Waals surface area contributed by atoms with Gasteiger partial charge in [0.15, 0.2) is 0 Å². The van der Waals surface area contributed by atoms with E-state index in [9.17, 15) is 4.39 Å². The maximum absolute atomic E-state index is 13.7. The Morgan fingerprint density at radius 3 is 2.54 bits per heavy atom. The topological polar surface area (TPSA) is 4.44 Å². The van der Waals surface area contributed by atoms with Crippen molar-refractivity contribution in [2.75, 3.05) is 20.6 Å². The van der Waals surface area contributed by atoms with Crippen LogP contribution >= 0.6 is 11.8 Å². The number of benzene rings is 2. The van der Waals surface area contributed by atoms with Gasteiger partial charge in [-0.2, -0.15) is 0 Å². The molecule has 0 bridgehead atoms. The van der Waals surface area contributed by atoms with E-state index in [0.29, 0.717) is 5.92 Å². The average molecular weight is 343 g/mol. The molecule has 0 atom stereocenters. The smallest absolute Gasteiger partial charge is 0.124 e. The van der Waals surface area contributed by atoms with Crippen LogP contribution in [0, 0.1) is 5.82 Å². The van der Waals surface area contributed by atoms with Gasteiger partial charge in [0.2, 0.25) is 0 Å². The number of nitrogens with one attached hydrogen (secondary N) is 1. The number of hydrogen-bond acceptors (Lipinski definition) is 1. The van der Waals surface area contributed by atoms with E-state index in [4.69, 9.17) is 0 Å². The van der Waals surface area contributed by atoms with Gasteiger partial charge in [-0.25, -0.2) is 4.39 Å². The van der Waals surface area contributed by atoms with Gasteiger partial charge >= 0.3 is 0 Å². The van der Waals surface area contributed by atoms with Crippen molar-refractivity contribution in [2.24, 2.45) is 0 Å². The summed E-state index contributed by atoms with van der Waals surface area (Å²) in [6, 6.07) is 11.9. The Morgan fingerprint density at radius 1 is 1.04 bits per heavy atom. The predicted molar refractivity (Wildman–Crippen MR) is 100 cm³/mol. The van der Waals surface area contributed by atoms with E-state index in [1.807, 2.05) is 6.07 Å². The third kappa shape index (κ3) is 3.57. The second-order valence-electron chi connectivity index (χ2n) is 7.02. The molecule has 1 aliphatic rings. The molecule has 0 unspecified atom stereocenters. The molecule has 0 aliphatic carbocycles. The molecule has 0 spiro atoms. The van der Waals surface area contributed by atoms with Crippen LogP contribution in [0.2, 0.25) is 0 Å². The Kier molecular flexibility index (Phi) is 5.12. The quantitative estimate of drug-likeness (QED) is 0.737. The summed E-state index contributed by atoms with van der Waals surface area (Å²) >= 11 is 1.67. The Bertz CT molecular complexity index is 777. The maximum Gasteiger partial charge on any atom is 0.124 e. The van der Waals surface area contributed by atoms with E-state index in [2.05, 4.69) is 52.2 Å². The number of halogens is 1. The first-order chi connectivity index (χ1) is 11.5. The Balaban J connectivity index is 2.09. The summed E-state index contributed by atoms with van der Waals surface area (Å²) in [5.41, 5.74) is 5.05. The van der Waals surface area contributed by atoms with E-state index in [1.165, 1.54) is 26.5 Å². The molecule has 3 rings (SSSR count). The first-order valence-corrected chi connectivity index (χ1v) is 9.38. The molecule has 1 nitrogen and oxygen atoms in total. The lowest BCUT2D eigenvalue weighted by Crippen LogP contribution is -3.05. The normalized spacial score (nSPS) is 15.0. The van der Waals surface area contributed by atoms with Crippen LogP contribution < -0.4 is 4.90 Å². The van der Waals surface area contributed by atoms with Crippen molar-refractivity contribution in [1.82, 2.24) is 0 Å². The zero-order valence-corrected chi connectivity index (χ0v) is 15.6. The largest absolute Gasteiger partial charge is 0.340 e. The third-order valence-electron chi connectivity index (χ3n) is 4.41. The molecule has 0 radical (unpaired) electrons. The molecular formula is C21H25FNS+. The first-order valence-electron chi connectivity index (χ1n) is 8.57. The molecular weight excluding hydrogens is 317 g/mol. The zero-order chi connectivity index (χ0) is 17.3. The fourth-order valence-electron chi connectivity index (χ4n) is 3.00. The SMILES string of the molecule is CC(C)c1ccc2c(c1)C(=CCC[NH+](C)C)c1ccc(F)cc1S2. The second-order valence-corrected chi connectivity index (χ2v) is 8.10. The van der Waals surface area contributed by atoms with Crippen LogP contribution in [0.1, 0.15) is 42.9 Å². The van der Waals surface area contributed by atoms with E-state index in [-0.39, 0.29) is 5.82 Å². The molecule has 24 heavy (non-hydrogen) atoms. The fraction of sp³-hybridized carbons (Fsp3) is 0.333. The van der Waals surface area contributed by atoms with Crippen LogP contribution in [-0.2, 0) is 0 Å². The summed E-state index contributed by atoms with van der Waals surface area (Å²) in [6.07, 6.45) is 3.34. The minimum absolute atomic E-state index is 0.166. The fourth-order valence-corrected chi connectivity index (χ4v) is 4.11. The summed E-state index contributed by atoms with van der Waals surface area (Å²) in [4.78, 5) is 3.68. The molecule has 0 amide bonds. The van der Waals surface area contributed by atoms with Crippen LogP contribution in [-0.4, -0.2) is 20.6 Å². The van der Waals surface area contributed by atoms with Crippen molar-refractivity contribution in [2.45, 2.75) is 36.0 Å². The highest BCUT2D eigenvalue weighted by Gasteiger charge is 2.22. The average Bonchev–Trinajstić information content (AvgIpc) is 2.53. The van der Waals surface area contributed by atoms with Gasteiger partial charge in [0.25, 0.3) is 0 Å². The van der Waals surface area contributed by atoms with Gasteiger partial charge in [0.05, 0.1) is 20.6 Å². The monoisotopic (exact) mass is 342 g/mol. The Labute approximate surface area is 148 Å².